The average molecular weight is 396 g/mol. The SMILES string of the molecule is C[O][Zr+]([CH]1C=CC2=C1CCCC2)[CH]1C=CC2=C1CCCC2.[Cl-]. The smallest absolute Gasteiger partial charge is 1.00 e. The van der Waals surface area contributed by atoms with E-state index in [0.717, 1.165) is 7.25 Å². The molecule has 0 N–H and O–H groups in total. The number of allylic oxidation sites excluding steroid dienone is 8. The van der Waals surface area contributed by atoms with E-state index in [1.54, 1.807) is 22.3 Å². The normalized spacial score (nSPS) is 29.5. The summed E-state index contributed by atoms with van der Waals surface area (Å²) in [6, 6.07) is 0. The van der Waals surface area contributed by atoms with Crippen molar-refractivity contribution in [2.24, 2.45) is 0 Å². The van der Waals surface area contributed by atoms with Crippen molar-refractivity contribution < 1.29 is 37.4 Å². The van der Waals surface area contributed by atoms with E-state index >= 15 is 0 Å². The molecule has 4 aliphatic carbocycles. The molecule has 4 rings (SSSR count). The van der Waals surface area contributed by atoms with Crippen LogP contribution in [0.25, 0.3) is 0 Å². The van der Waals surface area contributed by atoms with Crippen LogP contribution in [0.15, 0.2) is 46.6 Å². The maximum Gasteiger partial charge on any atom is -1.00 e. The van der Waals surface area contributed by atoms with Gasteiger partial charge in [0.25, 0.3) is 0 Å². The average Bonchev–Trinajstić information content (AvgIpc) is 3.14. The molecule has 0 aromatic rings. The largest absolute Gasteiger partial charge is 1.00 e. The Morgan fingerprint density at radius 2 is 1.27 bits per heavy atom. The first-order chi connectivity index (χ1) is 10.4. The molecule has 4 aliphatic rings. The number of hydrogen-bond donors (Lipinski definition) is 0. The van der Waals surface area contributed by atoms with Crippen LogP contribution in [0.2, 0.25) is 7.25 Å². The van der Waals surface area contributed by atoms with Crippen molar-refractivity contribution in [1.29, 1.82) is 0 Å². The van der Waals surface area contributed by atoms with Crippen LogP contribution in [0, 0.1) is 0 Å². The monoisotopic (exact) mass is 394 g/mol. The second-order valence-electron chi connectivity index (χ2n) is 6.80. The molecule has 1 nitrogen and oxygen atoms in total. The first-order valence-electron chi connectivity index (χ1n) is 8.59. The molecule has 3 heteroatoms. The molecule has 22 heavy (non-hydrogen) atoms. The first kappa shape index (κ1) is 16.9. The quantitative estimate of drug-likeness (QED) is 0.713. The summed E-state index contributed by atoms with van der Waals surface area (Å²) in [5.74, 6) is 0. The topological polar surface area (TPSA) is 9.23 Å². The molecular formula is C19H25ClOZr. The molecule has 0 aromatic carbocycles. The minimum absolute atomic E-state index is 0. The summed E-state index contributed by atoms with van der Waals surface area (Å²) in [5.41, 5.74) is 6.88. The Morgan fingerprint density at radius 3 is 1.73 bits per heavy atom. The fourth-order valence-electron chi connectivity index (χ4n) is 4.63. The van der Waals surface area contributed by atoms with Crippen LogP contribution < -0.4 is 12.4 Å². The van der Waals surface area contributed by atoms with Crippen molar-refractivity contribution >= 4 is 0 Å². The molecule has 0 bridgehead atoms. The summed E-state index contributed by atoms with van der Waals surface area (Å²) in [5, 5.41) is 0. The van der Waals surface area contributed by atoms with Crippen molar-refractivity contribution in [3.8, 4) is 0 Å². The third kappa shape index (κ3) is 2.92. The fourth-order valence-corrected chi connectivity index (χ4v) is 11.5. The molecule has 0 heterocycles. The van der Waals surface area contributed by atoms with Crippen molar-refractivity contribution in [3.63, 3.8) is 0 Å². The third-order valence-electron chi connectivity index (χ3n) is 5.69. The molecule has 0 radical (unpaired) electrons. The molecule has 0 aromatic heterocycles. The van der Waals surface area contributed by atoms with E-state index in [4.69, 9.17) is 2.81 Å². The van der Waals surface area contributed by atoms with Crippen molar-refractivity contribution in [2.45, 2.75) is 58.6 Å². The van der Waals surface area contributed by atoms with Crippen molar-refractivity contribution in [1.82, 2.24) is 0 Å². The van der Waals surface area contributed by atoms with E-state index < -0.39 is 22.2 Å². The summed E-state index contributed by atoms with van der Waals surface area (Å²) in [6.45, 7) is 0. The summed E-state index contributed by atoms with van der Waals surface area (Å²) in [7, 11) is 2.00. The Morgan fingerprint density at radius 1 is 0.818 bits per heavy atom. The van der Waals surface area contributed by atoms with Crippen LogP contribution in [0.5, 0.6) is 0 Å². The molecule has 2 atom stereocenters. The standard InChI is InChI=1S/2C9H11.CH3O.ClH.Zr/c2*1-2-5-9-7-3-6-8(9)4-1;1-2;;/h2*3,6-7H,1-2,4-5H2;1H3;1H;/q;;-1;;+2/p-1. The van der Waals surface area contributed by atoms with Crippen LogP contribution in [-0.4, -0.2) is 7.11 Å². The predicted molar refractivity (Wildman–Crippen MR) is 83.8 cm³/mol. The Bertz CT molecular complexity index is 510. The number of hydrogen-bond acceptors (Lipinski definition) is 1. The van der Waals surface area contributed by atoms with E-state index in [1.165, 1.54) is 51.4 Å². The second-order valence-corrected chi connectivity index (χ2v) is 12.8. The zero-order valence-electron chi connectivity index (χ0n) is 13.4. The summed E-state index contributed by atoms with van der Waals surface area (Å²) in [4.78, 5) is 0. The Balaban J connectivity index is 0.00000144. The van der Waals surface area contributed by atoms with E-state index in [0.29, 0.717) is 0 Å². The van der Waals surface area contributed by atoms with Crippen molar-refractivity contribution in [3.05, 3.63) is 46.6 Å². The molecule has 118 valence electrons. The van der Waals surface area contributed by atoms with Gasteiger partial charge < -0.3 is 12.4 Å². The fraction of sp³-hybridized carbons (Fsp3) is 0.579. The summed E-state index contributed by atoms with van der Waals surface area (Å²) in [6.07, 6.45) is 20.8. The molecule has 2 unspecified atom stereocenters. The first-order valence-corrected chi connectivity index (χ1v) is 12.4. The summed E-state index contributed by atoms with van der Waals surface area (Å²) >= 11 is -1.96. The van der Waals surface area contributed by atoms with Gasteiger partial charge in [-0.15, -0.1) is 0 Å². The van der Waals surface area contributed by atoms with Gasteiger partial charge >= 0.3 is 137 Å². The number of halogens is 1. The van der Waals surface area contributed by atoms with Gasteiger partial charge in [0, 0.05) is 0 Å². The van der Waals surface area contributed by atoms with Gasteiger partial charge in [-0.05, 0) is 0 Å². The minimum atomic E-state index is -1.96. The zero-order chi connectivity index (χ0) is 14.2. The second kappa shape index (κ2) is 7.33. The van der Waals surface area contributed by atoms with Crippen molar-refractivity contribution in [2.75, 3.05) is 7.11 Å². The number of rotatable bonds is 3. The van der Waals surface area contributed by atoms with E-state index in [2.05, 4.69) is 24.3 Å². The molecular weight excluding hydrogens is 371 g/mol. The molecule has 0 amide bonds. The van der Waals surface area contributed by atoms with Crippen LogP contribution in [-0.2, 0) is 25.0 Å². The maximum atomic E-state index is 6.24. The van der Waals surface area contributed by atoms with Gasteiger partial charge in [0.15, 0.2) is 0 Å². The van der Waals surface area contributed by atoms with Crippen LogP contribution in [0.1, 0.15) is 51.4 Å². The van der Waals surface area contributed by atoms with Crippen LogP contribution in [0.4, 0.5) is 0 Å². The molecule has 0 aliphatic heterocycles. The zero-order valence-corrected chi connectivity index (χ0v) is 16.6. The van der Waals surface area contributed by atoms with Gasteiger partial charge in [-0.3, -0.25) is 0 Å². The van der Waals surface area contributed by atoms with Gasteiger partial charge in [-0.1, -0.05) is 0 Å². The van der Waals surface area contributed by atoms with E-state index in [9.17, 15) is 0 Å². The maximum absolute atomic E-state index is 6.24. The Hall–Kier alpha value is 0.0931. The molecule has 0 fully saturated rings. The Kier molecular flexibility index (Phi) is 5.64. The minimum Gasteiger partial charge on any atom is -1.00 e. The van der Waals surface area contributed by atoms with Gasteiger partial charge in [0.1, 0.15) is 0 Å². The van der Waals surface area contributed by atoms with Crippen LogP contribution in [0.3, 0.4) is 0 Å². The molecule has 0 saturated carbocycles. The van der Waals surface area contributed by atoms with Gasteiger partial charge in [-0.2, -0.15) is 0 Å². The molecule has 0 saturated heterocycles. The Labute approximate surface area is 149 Å². The van der Waals surface area contributed by atoms with Crippen LogP contribution >= 0.6 is 0 Å². The van der Waals surface area contributed by atoms with Gasteiger partial charge in [0.05, 0.1) is 0 Å². The predicted octanol–water partition coefficient (Wildman–Crippen LogP) is 2.63. The summed E-state index contributed by atoms with van der Waals surface area (Å²) < 4.78 is 7.68. The van der Waals surface area contributed by atoms with Gasteiger partial charge in [-0.25, -0.2) is 0 Å². The third-order valence-corrected chi connectivity index (χ3v) is 12.5. The van der Waals surface area contributed by atoms with E-state index in [1.807, 2.05) is 7.11 Å². The molecule has 0 spiro atoms. The van der Waals surface area contributed by atoms with Gasteiger partial charge in [0.2, 0.25) is 0 Å². The van der Waals surface area contributed by atoms with E-state index in [-0.39, 0.29) is 12.4 Å².